The van der Waals surface area contributed by atoms with E-state index in [4.69, 9.17) is 11.6 Å². The van der Waals surface area contributed by atoms with Crippen LogP contribution in [0.15, 0.2) is 18.2 Å². The molecule has 2 rings (SSSR count). The predicted molar refractivity (Wildman–Crippen MR) is 71.5 cm³/mol. The number of rotatable bonds is 2. The van der Waals surface area contributed by atoms with Gasteiger partial charge in [-0.3, -0.25) is 0 Å². The molecule has 1 aliphatic rings. The predicted octanol–water partition coefficient (Wildman–Crippen LogP) is 2.77. The highest BCUT2D eigenvalue weighted by Crippen LogP contribution is 2.29. The average Bonchev–Trinajstić information content (AvgIpc) is 2.29. The first-order chi connectivity index (χ1) is 7.70. The van der Waals surface area contributed by atoms with Crippen LogP contribution in [0.4, 0.5) is 5.69 Å². The number of anilines is 1. The molecule has 88 valence electrons. The first-order valence-corrected chi connectivity index (χ1v) is 6.89. The highest BCUT2D eigenvalue weighted by molar-refractivity contribution is 8.00. The van der Waals surface area contributed by atoms with E-state index in [1.165, 1.54) is 0 Å². The lowest BCUT2D eigenvalue weighted by Crippen LogP contribution is -2.37. The van der Waals surface area contributed by atoms with Gasteiger partial charge in [0, 0.05) is 40.4 Å². The Balaban J connectivity index is 2.26. The minimum atomic E-state index is 0.0739. The number of aliphatic hydroxyl groups excluding tert-OH is 1. The Kier molecular flexibility index (Phi) is 4.00. The molecule has 1 saturated heterocycles. The Labute approximate surface area is 106 Å². The van der Waals surface area contributed by atoms with E-state index < -0.39 is 0 Å². The minimum Gasteiger partial charge on any atom is -0.392 e. The Hall–Kier alpha value is -0.380. The molecule has 4 heteroatoms. The maximum absolute atomic E-state index is 9.33. The molecule has 0 bridgehead atoms. The summed E-state index contributed by atoms with van der Waals surface area (Å²) in [5.74, 6) is 1.14. The van der Waals surface area contributed by atoms with E-state index in [1.54, 1.807) is 0 Å². The summed E-state index contributed by atoms with van der Waals surface area (Å²) in [7, 11) is 0. The van der Waals surface area contributed by atoms with E-state index in [-0.39, 0.29) is 6.61 Å². The summed E-state index contributed by atoms with van der Waals surface area (Å²) in [4.78, 5) is 2.32. The number of hydrogen-bond donors (Lipinski definition) is 1. The third-order valence-corrected chi connectivity index (χ3v) is 4.17. The van der Waals surface area contributed by atoms with Gasteiger partial charge in [-0.15, -0.1) is 0 Å². The fraction of sp³-hybridized carbons (Fsp3) is 0.500. The monoisotopic (exact) mass is 257 g/mol. The van der Waals surface area contributed by atoms with E-state index in [9.17, 15) is 5.11 Å². The molecule has 1 atom stereocenters. The lowest BCUT2D eigenvalue weighted by Gasteiger charge is -2.33. The summed E-state index contributed by atoms with van der Waals surface area (Å²) in [6.45, 7) is 4.37. The van der Waals surface area contributed by atoms with Gasteiger partial charge in [-0.2, -0.15) is 11.8 Å². The van der Waals surface area contributed by atoms with Crippen LogP contribution >= 0.6 is 23.4 Å². The summed E-state index contributed by atoms with van der Waals surface area (Å²) in [5, 5.41) is 10.7. The van der Waals surface area contributed by atoms with Crippen LogP contribution in [-0.4, -0.2) is 29.2 Å². The van der Waals surface area contributed by atoms with Crippen LogP contribution in [0.25, 0.3) is 0 Å². The smallest absolute Gasteiger partial charge is 0.0702 e. The van der Waals surface area contributed by atoms with E-state index >= 15 is 0 Å². The fourth-order valence-corrected chi connectivity index (χ4v) is 3.18. The zero-order valence-corrected chi connectivity index (χ0v) is 10.9. The lowest BCUT2D eigenvalue weighted by molar-refractivity contribution is 0.282. The molecule has 0 aromatic heterocycles. The largest absolute Gasteiger partial charge is 0.392 e. The van der Waals surface area contributed by atoms with Crippen LogP contribution in [0.2, 0.25) is 5.02 Å². The van der Waals surface area contributed by atoms with Crippen LogP contribution in [0.5, 0.6) is 0 Å². The number of halogens is 1. The Bertz CT molecular complexity index is 372. The zero-order chi connectivity index (χ0) is 11.5. The number of aliphatic hydroxyl groups is 1. The molecule has 0 radical (unpaired) electrons. The third kappa shape index (κ3) is 2.65. The second kappa shape index (κ2) is 5.30. The molecule has 1 aliphatic heterocycles. The normalized spacial score (nSPS) is 21.2. The van der Waals surface area contributed by atoms with Crippen molar-refractivity contribution in [3.8, 4) is 0 Å². The SMILES string of the molecule is CC1CN(c2cc(Cl)ccc2CO)CCS1. The van der Waals surface area contributed by atoms with Crippen molar-refractivity contribution < 1.29 is 5.11 Å². The van der Waals surface area contributed by atoms with Crippen molar-refractivity contribution in [2.45, 2.75) is 18.8 Å². The first-order valence-electron chi connectivity index (χ1n) is 5.46. The summed E-state index contributed by atoms with van der Waals surface area (Å²) >= 11 is 8.01. The molecule has 16 heavy (non-hydrogen) atoms. The molecule has 1 heterocycles. The average molecular weight is 258 g/mol. The van der Waals surface area contributed by atoms with Gasteiger partial charge in [0.25, 0.3) is 0 Å². The van der Waals surface area contributed by atoms with Gasteiger partial charge in [0.1, 0.15) is 0 Å². The van der Waals surface area contributed by atoms with Gasteiger partial charge in [-0.1, -0.05) is 24.6 Å². The summed E-state index contributed by atoms with van der Waals surface area (Å²) in [6.07, 6.45) is 0. The molecular formula is C12H16ClNOS. The molecule has 2 nitrogen and oxygen atoms in total. The summed E-state index contributed by atoms with van der Waals surface area (Å²) < 4.78 is 0. The molecule has 1 fully saturated rings. The number of benzene rings is 1. The second-order valence-electron chi connectivity index (χ2n) is 4.06. The van der Waals surface area contributed by atoms with Gasteiger partial charge in [0.15, 0.2) is 0 Å². The molecule has 1 N–H and O–H groups in total. The highest BCUT2D eigenvalue weighted by atomic mass is 35.5. The summed E-state index contributed by atoms with van der Waals surface area (Å²) in [5.41, 5.74) is 2.05. The van der Waals surface area contributed by atoms with Crippen LogP contribution < -0.4 is 4.90 Å². The van der Waals surface area contributed by atoms with Crippen LogP contribution in [-0.2, 0) is 6.61 Å². The van der Waals surface area contributed by atoms with Crippen molar-refractivity contribution in [3.05, 3.63) is 28.8 Å². The fourth-order valence-electron chi connectivity index (χ4n) is 2.00. The van der Waals surface area contributed by atoms with Gasteiger partial charge < -0.3 is 10.0 Å². The van der Waals surface area contributed by atoms with Gasteiger partial charge in [0.05, 0.1) is 6.61 Å². The standard InChI is InChI=1S/C12H16ClNOS/c1-9-7-14(4-5-16-9)12-6-11(13)3-2-10(12)8-15/h2-3,6,9,15H,4-5,7-8H2,1H3. The van der Waals surface area contributed by atoms with Crippen molar-refractivity contribution in [1.29, 1.82) is 0 Å². The quantitative estimate of drug-likeness (QED) is 0.881. The van der Waals surface area contributed by atoms with Crippen LogP contribution in [0, 0.1) is 0 Å². The maximum atomic E-state index is 9.33. The minimum absolute atomic E-state index is 0.0739. The Morgan fingerprint density at radius 3 is 3.06 bits per heavy atom. The molecule has 0 aliphatic carbocycles. The van der Waals surface area contributed by atoms with E-state index in [1.807, 2.05) is 30.0 Å². The topological polar surface area (TPSA) is 23.5 Å². The highest BCUT2D eigenvalue weighted by Gasteiger charge is 2.19. The lowest BCUT2D eigenvalue weighted by atomic mass is 10.1. The molecule has 1 unspecified atom stereocenters. The van der Waals surface area contributed by atoms with Crippen molar-refractivity contribution in [1.82, 2.24) is 0 Å². The molecule has 1 aromatic rings. The second-order valence-corrected chi connectivity index (χ2v) is 6.04. The number of nitrogens with zero attached hydrogens (tertiary/aromatic N) is 1. The van der Waals surface area contributed by atoms with Crippen LogP contribution in [0.3, 0.4) is 0 Å². The van der Waals surface area contributed by atoms with E-state index in [0.29, 0.717) is 5.25 Å². The molecular weight excluding hydrogens is 242 g/mol. The molecule has 0 spiro atoms. The van der Waals surface area contributed by atoms with Crippen LogP contribution in [0.1, 0.15) is 12.5 Å². The third-order valence-electron chi connectivity index (χ3n) is 2.80. The van der Waals surface area contributed by atoms with Gasteiger partial charge >= 0.3 is 0 Å². The van der Waals surface area contributed by atoms with Crippen molar-refractivity contribution in [2.24, 2.45) is 0 Å². The van der Waals surface area contributed by atoms with Crippen molar-refractivity contribution >= 4 is 29.1 Å². The van der Waals surface area contributed by atoms with E-state index in [0.717, 1.165) is 35.1 Å². The number of hydrogen-bond acceptors (Lipinski definition) is 3. The van der Waals surface area contributed by atoms with Gasteiger partial charge in [-0.25, -0.2) is 0 Å². The number of thioether (sulfide) groups is 1. The molecule has 1 aromatic carbocycles. The first kappa shape index (κ1) is 12.1. The van der Waals surface area contributed by atoms with E-state index in [2.05, 4.69) is 11.8 Å². The molecule has 0 saturated carbocycles. The van der Waals surface area contributed by atoms with Crippen molar-refractivity contribution in [2.75, 3.05) is 23.7 Å². The van der Waals surface area contributed by atoms with Gasteiger partial charge in [-0.05, 0) is 12.1 Å². The molecule has 0 amide bonds. The Morgan fingerprint density at radius 2 is 2.38 bits per heavy atom. The Morgan fingerprint density at radius 1 is 1.56 bits per heavy atom. The maximum Gasteiger partial charge on any atom is 0.0702 e. The zero-order valence-electron chi connectivity index (χ0n) is 9.32. The van der Waals surface area contributed by atoms with Crippen molar-refractivity contribution in [3.63, 3.8) is 0 Å². The summed E-state index contributed by atoms with van der Waals surface area (Å²) in [6, 6.07) is 5.69. The van der Waals surface area contributed by atoms with Gasteiger partial charge in [0.2, 0.25) is 0 Å².